The molecule has 4 heterocycles. The van der Waals surface area contributed by atoms with Crippen LogP contribution < -0.4 is 26.2 Å². The lowest BCUT2D eigenvalue weighted by Crippen LogP contribution is -2.59. The SMILES string of the molecule is CCc1cc2c(N(c3ccccc3)c3ccccc3)ccc3c2n1-c1cc(C)cc2c1B3c1ccc(N(c3ccccc3)c3ccccc3)c3cc(CC)n-2c13. The molecule has 4 nitrogen and oxygen atoms in total. The zero-order chi connectivity index (χ0) is 37.5. The molecule has 0 amide bonds. The molecule has 0 bridgehead atoms. The minimum atomic E-state index is 0.0803. The standard InChI is InChI=1S/C51H41BN4/c1-4-35-32-41-45(53(37-18-10-6-11-19-37)38-20-12-7-13-21-38)28-26-43-50(41)55(35)47-30-34(3)31-48-49(47)52(43)44-27-29-46(42-33-36(5-2)56(48)51(42)44)54(39-22-14-8-15-23-39)40-24-16-9-17-25-40/h6-33H,4-5H2,1-3H3. The molecule has 0 saturated carbocycles. The highest BCUT2D eigenvalue weighted by molar-refractivity contribution is 7.00. The number of aromatic nitrogens is 2. The predicted octanol–water partition coefficient (Wildman–Crippen LogP) is 11.1. The van der Waals surface area contributed by atoms with Crippen molar-refractivity contribution in [3.63, 3.8) is 0 Å². The van der Waals surface area contributed by atoms with Crippen LogP contribution in [0.4, 0.5) is 34.1 Å². The Kier molecular flexibility index (Phi) is 7.40. The van der Waals surface area contributed by atoms with Gasteiger partial charge in [0.05, 0.1) is 22.4 Å². The van der Waals surface area contributed by atoms with Crippen molar-refractivity contribution < 1.29 is 0 Å². The number of hydrogen-bond acceptors (Lipinski definition) is 2. The number of anilines is 6. The van der Waals surface area contributed by atoms with Crippen molar-refractivity contribution in [3.8, 4) is 11.4 Å². The summed E-state index contributed by atoms with van der Waals surface area (Å²) in [6.07, 6.45) is 1.86. The number of nitrogens with zero attached hydrogens (tertiary/aromatic N) is 4. The van der Waals surface area contributed by atoms with Gasteiger partial charge in [-0.25, -0.2) is 0 Å². The van der Waals surface area contributed by atoms with Crippen molar-refractivity contribution in [1.82, 2.24) is 9.13 Å². The Labute approximate surface area is 328 Å². The molecule has 0 saturated heterocycles. The predicted molar refractivity (Wildman–Crippen MR) is 238 cm³/mol. The van der Waals surface area contributed by atoms with Crippen LogP contribution in [0.3, 0.4) is 0 Å². The van der Waals surface area contributed by atoms with Gasteiger partial charge in [0.1, 0.15) is 0 Å². The van der Waals surface area contributed by atoms with Crippen LogP contribution in [0.1, 0.15) is 30.8 Å². The van der Waals surface area contributed by atoms with Gasteiger partial charge in [0, 0.05) is 56.3 Å². The maximum Gasteiger partial charge on any atom is 0.252 e. The van der Waals surface area contributed by atoms with Crippen LogP contribution in [-0.2, 0) is 12.8 Å². The van der Waals surface area contributed by atoms with Gasteiger partial charge in [0.25, 0.3) is 6.71 Å². The van der Waals surface area contributed by atoms with Gasteiger partial charge in [-0.3, -0.25) is 0 Å². The van der Waals surface area contributed by atoms with Crippen LogP contribution in [-0.4, -0.2) is 15.8 Å². The average Bonchev–Trinajstić information content (AvgIpc) is 3.84. The number of aryl methyl sites for hydroxylation is 3. The van der Waals surface area contributed by atoms with Gasteiger partial charge in [-0.05, 0) is 127 Å². The molecule has 0 fully saturated rings. The van der Waals surface area contributed by atoms with E-state index in [2.05, 4.69) is 210 Å². The molecule has 56 heavy (non-hydrogen) atoms. The van der Waals surface area contributed by atoms with Gasteiger partial charge in [-0.2, -0.15) is 0 Å². The van der Waals surface area contributed by atoms with E-state index < -0.39 is 0 Å². The lowest BCUT2D eigenvalue weighted by Gasteiger charge is -2.36. The summed E-state index contributed by atoms with van der Waals surface area (Å²) in [5, 5.41) is 2.56. The number of hydrogen-bond donors (Lipinski definition) is 0. The van der Waals surface area contributed by atoms with Gasteiger partial charge < -0.3 is 18.9 Å². The third kappa shape index (κ3) is 4.67. The summed E-state index contributed by atoms with van der Waals surface area (Å²) in [6, 6.07) is 62.6. The molecule has 7 aromatic carbocycles. The van der Waals surface area contributed by atoms with Crippen LogP contribution in [0.2, 0.25) is 0 Å². The van der Waals surface area contributed by atoms with Crippen LogP contribution >= 0.6 is 0 Å². The van der Waals surface area contributed by atoms with E-state index in [0.29, 0.717) is 0 Å². The smallest absolute Gasteiger partial charge is 0.252 e. The molecule has 268 valence electrons. The number of fused-ring (bicyclic) bond motifs is 4. The zero-order valence-electron chi connectivity index (χ0n) is 31.9. The molecular formula is C51H41BN4. The lowest BCUT2D eigenvalue weighted by molar-refractivity contribution is 0.942. The summed E-state index contributed by atoms with van der Waals surface area (Å²) in [5.41, 5.74) is 20.3. The molecule has 0 atom stereocenters. The summed E-state index contributed by atoms with van der Waals surface area (Å²) in [5.74, 6) is 0. The van der Waals surface area contributed by atoms with Gasteiger partial charge in [0.2, 0.25) is 0 Å². The highest BCUT2D eigenvalue weighted by Crippen LogP contribution is 2.44. The molecular weight excluding hydrogens is 679 g/mol. The largest absolute Gasteiger partial charge is 0.314 e. The molecule has 0 N–H and O–H groups in total. The Morgan fingerprint density at radius 1 is 0.446 bits per heavy atom. The molecule has 2 aromatic heterocycles. The first kappa shape index (κ1) is 32.7. The van der Waals surface area contributed by atoms with E-state index in [-0.39, 0.29) is 6.71 Å². The molecule has 5 heteroatoms. The number of benzene rings is 7. The van der Waals surface area contributed by atoms with Gasteiger partial charge in [-0.15, -0.1) is 0 Å². The second kappa shape index (κ2) is 12.7. The number of rotatable bonds is 8. The fraction of sp³-hybridized carbons (Fsp3) is 0.0980. The van der Waals surface area contributed by atoms with Crippen LogP contribution in [0.25, 0.3) is 33.2 Å². The quantitative estimate of drug-likeness (QED) is 0.145. The van der Waals surface area contributed by atoms with Crippen LogP contribution in [0.5, 0.6) is 0 Å². The summed E-state index contributed by atoms with van der Waals surface area (Å²) in [6.45, 7) is 6.94. The van der Waals surface area contributed by atoms with Crippen LogP contribution in [0, 0.1) is 6.92 Å². The Balaban J connectivity index is 1.21. The van der Waals surface area contributed by atoms with Crippen molar-refractivity contribution in [3.05, 3.63) is 187 Å². The lowest BCUT2D eigenvalue weighted by atomic mass is 9.34. The van der Waals surface area contributed by atoms with Crippen molar-refractivity contribution in [2.75, 3.05) is 9.80 Å². The fourth-order valence-corrected chi connectivity index (χ4v) is 9.76. The van der Waals surface area contributed by atoms with Gasteiger partial charge in [0.15, 0.2) is 0 Å². The zero-order valence-corrected chi connectivity index (χ0v) is 31.9. The second-order valence-electron chi connectivity index (χ2n) is 15.2. The van der Waals surface area contributed by atoms with E-state index in [9.17, 15) is 0 Å². The summed E-state index contributed by atoms with van der Waals surface area (Å²) in [7, 11) is 0. The van der Waals surface area contributed by atoms with Crippen molar-refractivity contribution >= 4 is 79.0 Å². The maximum atomic E-state index is 2.60. The molecule has 2 aliphatic rings. The summed E-state index contributed by atoms with van der Waals surface area (Å²) in [4.78, 5) is 4.85. The van der Waals surface area contributed by atoms with E-state index in [4.69, 9.17) is 0 Å². The minimum Gasteiger partial charge on any atom is -0.314 e. The highest BCUT2D eigenvalue weighted by atomic mass is 15.2. The van der Waals surface area contributed by atoms with Gasteiger partial charge in [-0.1, -0.05) is 98.8 Å². The average molecular weight is 721 g/mol. The van der Waals surface area contributed by atoms with E-state index >= 15 is 0 Å². The van der Waals surface area contributed by atoms with E-state index in [1.165, 1.54) is 77.9 Å². The molecule has 0 spiro atoms. The topological polar surface area (TPSA) is 16.3 Å². The first-order valence-corrected chi connectivity index (χ1v) is 19.9. The summed E-state index contributed by atoms with van der Waals surface area (Å²) >= 11 is 0. The summed E-state index contributed by atoms with van der Waals surface area (Å²) < 4.78 is 5.20. The van der Waals surface area contributed by atoms with Crippen molar-refractivity contribution in [1.29, 1.82) is 0 Å². The van der Waals surface area contributed by atoms with E-state index in [1.54, 1.807) is 0 Å². The van der Waals surface area contributed by atoms with E-state index in [1.807, 2.05) is 0 Å². The second-order valence-corrected chi connectivity index (χ2v) is 15.2. The molecule has 9 aromatic rings. The van der Waals surface area contributed by atoms with Crippen LogP contribution in [0.15, 0.2) is 170 Å². The van der Waals surface area contributed by atoms with Crippen molar-refractivity contribution in [2.45, 2.75) is 33.6 Å². The molecule has 0 aliphatic carbocycles. The van der Waals surface area contributed by atoms with Gasteiger partial charge >= 0.3 is 0 Å². The molecule has 0 unspecified atom stereocenters. The third-order valence-corrected chi connectivity index (χ3v) is 12.0. The maximum absolute atomic E-state index is 2.60. The normalized spacial score (nSPS) is 12.3. The Bertz CT molecular complexity index is 2670. The molecule has 0 radical (unpaired) electrons. The fourth-order valence-electron chi connectivity index (χ4n) is 9.76. The van der Waals surface area contributed by atoms with E-state index in [0.717, 1.165) is 35.6 Å². The first-order chi connectivity index (χ1) is 27.6. The first-order valence-electron chi connectivity index (χ1n) is 19.9. The Hall–Kier alpha value is -6.72. The Morgan fingerprint density at radius 2 is 0.804 bits per heavy atom. The molecule has 11 rings (SSSR count). The monoisotopic (exact) mass is 720 g/mol. The highest BCUT2D eigenvalue weighted by Gasteiger charge is 2.41. The minimum absolute atomic E-state index is 0.0803. The van der Waals surface area contributed by atoms with Crippen molar-refractivity contribution in [2.24, 2.45) is 0 Å². The Morgan fingerprint density at radius 3 is 1.14 bits per heavy atom. The third-order valence-electron chi connectivity index (χ3n) is 12.0. The number of para-hydroxylation sites is 4. The molecule has 2 aliphatic heterocycles.